The summed E-state index contributed by atoms with van der Waals surface area (Å²) in [6.45, 7) is 2.75. The number of aryl methyl sites for hydroxylation is 1. The Morgan fingerprint density at radius 1 is 1.30 bits per heavy atom. The first kappa shape index (κ1) is 14.2. The van der Waals surface area contributed by atoms with Gasteiger partial charge in [0.1, 0.15) is 11.0 Å². The number of H-pyrrole nitrogens is 1. The molecule has 2 amide bonds. The van der Waals surface area contributed by atoms with Crippen molar-refractivity contribution in [3.63, 3.8) is 0 Å². The van der Waals surface area contributed by atoms with Crippen LogP contribution in [0.5, 0.6) is 0 Å². The van der Waals surface area contributed by atoms with Gasteiger partial charge in [0.2, 0.25) is 0 Å². The van der Waals surface area contributed by atoms with E-state index in [0.717, 1.165) is 29.6 Å². The van der Waals surface area contributed by atoms with Gasteiger partial charge in [-0.3, -0.25) is 0 Å². The van der Waals surface area contributed by atoms with Crippen LogP contribution in [0.1, 0.15) is 22.6 Å². The number of carbonyl (C=O) groups excluding carboxylic acids is 1. The Morgan fingerprint density at radius 2 is 2.13 bits per heavy atom. The number of aromatic amines is 1. The highest BCUT2D eigenvalue weighted by Crippen LogP contribution is 2.30. The zero-order chi connectivity index (χ0) is 15.8. The Labute approximate surface area is 137 Å². The Bertz CT molecular complexity index is 851. The molecule has 1 aromatic carbocycles. The molecule has 0 aliphatic heterocycles. The second kappa shape index (κ2) is 5.66. The molecule has 3 aromatic rings. The number of nitrogens with one attached hydrogen (secondary N) is 2. The SMILES string of the molecule is Cc1ccc(CN(C(=O)Nc2ccc3n[nH]nc3c2)C2CC2)s1. The second-order valence-electron chi connectivity index (χ2n) is 5.83. The fourth-order valence-corrected chi connectivity index (χ4v) is 3.49. The third-order valence-electron chi connectivity index (χ3n) is 3.94. The molecule has 7 heteroatoms. The standard InChI is InChI=1S/C16H17N5OS/c1-10-2-6-13(23-10)9-21(12-4-5-12)16(22)17-11-3-7-14-15(8-11)19-20-18-14/h2-3,6-8,12H,4-5,9H2,1H3,(H,17,22)(H,18,19,20). The highest BCUT2D eigenvalue weighted by molar-refractivity contribution is 7.11. The average molecular weight is 327 g/mol. The maximum atomic E-state index is 12.7. The summed E-state index contributed by atoms with van der Waals surface area (Å²) < 4.78 is 0. The summed E-state index contributed by atoms with van der Waals surface area (Å²) in [7, 11) is 0. The minimum Gasteiger partial charge on any atom is -0.316 e. The zero-order valence-electron chi connectivity index (χ0n) is 12.7. The lowest BCUT2D eigenvalue weighted by Gasteiger charge is -2.22. The number of hydrogen-bond acceptors (Lipinski definition) is 4. The summed E-state index contributed by atoms with van der Waals surface area (Å²) in [6, 6.07) is 10.0. The van der Waals surface area contributed by atoms with Crippen molar-refractivity contribution in [1.82, 2.24) is 20.3 Å². The molecular weight excluding hydrogens is 310 g/mol. The van der Waals surface area contributed by atoms with E-state index in [0.29, 0.717) is 12.6 Å². The Balaban J connectivity index is 1.50. The summed E-state index contributed by atoms with van der Waals surface area (Å²) in [5.74, 6) is 0. The minimum atomic E-state index is -0.0543. The molecule has 2 heterocycles. The quantitative estimate of drug-likeness (QED) is 0.770. The molecule has 1 aliphatic rings. The number of urea groups is 1. The number of benzene rings is 1. The van der Waals surface area contributed by atoms with Crippen molar-refractivity contribution in [1.29, 1.82) is 0 Å². The van der Waals surface area contributed by atoms with Gasteiger partial charge in [-0.25, -0.2) is 4.79 Å². The van der Waals surface area contributed by atoms with Crippen LogP contribution < -0.4 is 5.32 Å². The average Bonchev–Trinajstić information content (AvgIpc) is 3.12. The van der Waals surface area contributed by atoms with Crippen molar-refractivity contribution < 1.29 is 4.79 Å². The summed E-state index contributed by atoms with van der Waals surface area (Å²) in [6.07, 6.45) is 2.17. The molecule has 2 N–H and O–H groups in total. The molecule has 0 radical (unpaired) electrons. The number of hydrogen-bond donors (Lipinski definition) is 2. The van der Waals surface area contributed by atoms with Crippen LogP contribution in [0.25, 0.3) is 11.0 Å². The summed E-state index contributed by atoms with van der Waals surface area (Å²) >= 11 is 1.74. The molecule has 1 saturated carbocycles. The number of thiophene rings is 1. The van der Waals surface area contributed by atoms with E-state index < -0.39 is 0 Å². The van der Waals surface area contributed by atoms with Crippen LogP contribution in [0.4, 0.5) is 10.5 Å². The normalized spacial score (nSPS) is 14.1. The first-order valence-electron chi connectivity index (χ1n) is 7.62. The molecule has 0 bridgehead atoms. The van der Waals surface area contributed by atoms with Crippen molar-refractivity contribution in [2.45, 2.75) is 32.4 Å². The van der Waals surface area contributed by atoms with Crippen LogP contribution in [0.2, 0.25) is 0 Å². The third kappa shape index (κ3) is 3.05. The number of anilines is 1. The largest absolute Gasteiger partial charge is 0.322 e. The van der Waals surface area contributed by atoms with Gasteiger partial charge in [-0.05, 0) is 50.1 Å². The van der Waals surface area contributed by atoms with E-state index in [4.69, 9.17) is 0 Å². The number of fused-ring (bicyclic) bond motifs is 1. The van der Waals surface area contributed by atoms with E-state index in [1.54, 1.807) is 11.3 Å². The van der Waals surface area contributed by atoms with Crippen molar-refractivity contribution in [3.05, 3.63) is 40.1 Å². The van der Waals surface area contributed by atoms with Crippen LogP contribution in [0.3, 0.4) is 0 Å². The predicted molar refractivity (Wildman–Crippen MR) is 90.5 cm³/mol. The van der Waals surface area contributed by atoms with Gasteiger partial charge >= 0.3 is 6.03 Å². The zero-order valence-corrected chi connectivity index (χ0v) is 13.6. The number of rotatable bonds is 4. The van der Waals surface area contributed by atoms with Crippen LogP contribution in [0.15, 0.2) is 30.3 Å². The lowest BCUT2D eigenvalue weighted by molar-refractivity contribution is 0.206. The fourth-order valence-electron chi connectivity index (χ4n) is 2.60. The summed E-state index contributed by atoms with van der Waals surface area (Å²) in [4.78, 5) is 17.1. The number of carbonyl (C=O) groups is 1. The molecule has 1 fully saturated rings. The smallest absolute Gasteiger partial charge is 0.316 e. The summed E-state index contributed by atoms with van der Waals surface area (Å²) in [5.41, 5.74) is 2.27. The lowest BCUT2D eigenvalue weighted by Crippen LogP contribution is -2.36. The number of nitrogens with zero attached hydrogens (tertiary/aromatic N) is 3. The number of aromatic nitrogens is 3. The van der Waals surface area contributed by atoms with Crippen LogP contribution in [-0.4, -0.2) is 32.4 Å². The van der Waals surface area contributed by atoms with Gasteiger partial charge in [0.25, 0.3) is 0 Å². The predicted octanol–water partition coefficient (Wildman–Crippen LogP) is 3.52. The first-order chi connectivity index (χ1) is 11.2. The highest BCUT2D eigenvalue weighted by atomic mass is 32.1. The first-order valence-corrected chi connectivity index (χ1v) is 8.44. The van der Waals surface area contributed by atoms with Crippen molar-refractivity contribution in [2.24, 2.45) is 0 Å². The Hall–Kier alpha value is -2.41. The van der Waals surface area contributed by atoms with Crippen LogP contribution >= 0.6 is 11.3 Å². The van der Waals surface area contributed by atoms with E-state index >= 15 is 0 Å². The van der Waals surface area contributed by atoms with E-state index in [1.165, 1.54) is 9.75 Å². The van der Waals surface area contributed by atoms with Gasteiger partial charge in [0.05, 0.1) is 6.54 Å². The molecular formula is C16H17N5OS. The monoisotopic (exact) mass is 327 g/mol. The second-order valence-corrected chi connectivity index (χ2v) is 7.20. The molecule has 0 atom stereocenters. The molecule has 6 nitrogen and oxygen atoms in total. The molecule has 0 saturated heterocycles. The summed E-state index contributed by atoms with van der Waals surface area (Å²) in [5, 5.41) is 13.6. The topological polar surface area (TPSA) is 73.9 Å². The molecule has 1 aliphatic carbocycles. The molecule has 4 rings (SSSR count). The Morgan fingerprint density at radius 3 is 2.87 bits per heavy atom. The van der Waals surface area contributed by atoms with E-state index in [1.807, 2.05) is 23.1 Å². The minimum absolute atomic E-state index is 0.0543. The molecule has 0 unspecified atom stereocenters. The lowest BCUT2D eigenvalue weighted by atomic mass is 10.3. The van der Waals surface area contributed by atoms with E-state index in [-0.39, 0.29) is 6.03 Å². The third-order valence-corrected chi connectivity index (χ3v) is 4.92. The van der Waals surface area contributed by atoms with Crippen LogP contribution in [0, 0.1) is 6.92 Å². The van der Waals surface area contributed by atoms with Gasteiger partial charge in [-0.2, -0.15) is 15.4 Å². The number of amides is 2. The molecule has 118 valence electrons. The van der Waals surface area contributed by atoms with E-state index in [2.05, 4.69) is 39.8 Å². The maximum absolute atomic E-state index is 12.7. The van der Waals surface area contributed by atoms with Gasteiger partial charge in [0.15, 0.2) is 0 Å². The van der Waals surface area contributed by atoms with Gasteiger partial charge in [0, 0.05) is 21.5 Å². The van der Waals surface area contributed by atoms with Crippen molar-refractivity contribution in [3.8, 4) is 0 Å². The van der Waals surface area contributed by atoms with Gasteiger partial charge < -0.3 is 10.2 Å². The van der Waals surface area contributed by atoms with Crippen molar-refractivity contribution in [2.75, 3.05) is 5.32 Å². The molecule has 2 aromatic heterocycles. The highest BCUT2D eigenvalue weighted by Gasteiger charge is 2.33. The van der Waals surface area contributed by atoms with Gasteiger partial charge in [-0.1, -0.05) is 0 Å². The van der Waals surface area contributed by atoms with Crippen LogP contribution in [-0.2, 0) is 6.54 Å². The van der Waals surface area contributed by atoms with Gasteiger partial charge in [-0.15, -0.1) is 11.3 Å². The molecule has 0 spiro atoms. The van der Waals surface area contributed by atoms with Crippen molar-refractivity contribution >= 4 is 34.1 Å². The fraction of sp³-hybridized carbons (Fsp3) is 0.312. The maximum Gasteiger partial charge on any atom is 0.322 e. The van der Waals surface area contributed by atoms with E-state index in [9.17, 15) is 4.79 Å². The Kier molecular flexibility index (Phi) is 3.49. The molecule has 23 heavy (non-hydrogen) atoms.